The minimum absolute atomic E-state index is 0.0668. The second-order valence-corrected chi connectivity index (χ2v) is 4.35. The predicted molar refractivity (Wildman–Crippen MR) is 71.9 cm³/mol. The molecule has 0 saturated carbocycles. The molecule has 5 heteroatoms. The van der Waals surface area contributed by atoms with Gasteiger partial charge < -0.3 is 15.8 Å². The number of thiocarbonyl (C=S) groups is 1. The summed E-state index contributed by atoms with van der Waals surface area (Å²) in [6.45, 7) is 5.15. The van der Waals surface area contributed by atoms with Crippen LogP contribution in [-0.4, -0.2) is 24.2 Å². The highest BCUT2D eigenvalue weighted by Crippen LogP contribution is 2.14. The molecule has 3 N–H and O–H groups in total. The lowest BCUT2D eigenvalue weighted by Gasteiger charge is -2.10. The fourth-order valence-electron chi connectivity index (χ4n) is 1.31. The zero-order valence-electron chi connectivity index (χ0n) is 10.00. The van der Waals surface area contributed by atoms with Crippen LogP contribution in [-0.2, 0) is 4.74 Å². The molecule has 1 rings (SSSR count). The predicted octanol–water partition coefficient (Wildman–Crippen LogP) is 2.30. The van der Waals surface area contributed by atoms with Crippen molar-refractivity contribution in [3.63, 3.8) is 0 Å². The first-order valence-corrected chi connectivity index (χ1v) is 5.86. The maximum Gasteiger partial charge on any atom is 0.135 e. The maximum atomic E-state index is 13.5. The molecule has 0 aromatic heterocycles. The van der Waals surface area contributed by atoms with E-state index < -0.39 is 5.82 Å². The topological polar surface area (TPSA) is 47.3 Å². The third-order valence-corrected chi connectivity index (χ3v) is 2.34. The Balaban J connectivity index is 2.50. The first-order valence-electron chi connectivity index (χ1n) is 5.45. The lowest BCUT2D eigenvalue weighted by atomic mass is 10.2. The van der Waals surface area contributed by atoms with Crippen molar-refractivity contribution in [3.8, 4) is 0 Å². The van der Waals surface area contributed by atoms with Crippen molar-refractivity contribution < 1.29 is 9.13 Å². The Hall–Kier alpha value is -1.20. The van der Waals surface area contributed by atoms with E-state index >= 15 is 0 Å². The molecule has 17 heavy (non-hydrogen) atoms. The molecule has 0 heterocycles. The first-order chi connectivity index (χ1) is 8.00. The molecule has 0 saturated heterocycles. The third kappa shape index (κ3) is 4.66. The van der Waals surface area contributed by atoms with Gasteiger partial charge in [0.1, 0.15) is 10.8 Å². The minimum atomic E-state index is -0.410. The fraction of sp³-hybridized carbons (Fsp3) is 0.417. The monoisotopic (exact) mass is 256 g/mol. The quantitative estimate of drug-likeness (QED) is 0.605. The van der Waals surface area contributed by atoms with Gasteiger partial charge in [-0.3, -0.25) is 0 Å². The highest BCUT2D eigenvalue weighted by Gasteiger charge is 2.05. The van der Waals surface area contributed by atoms with Crippen molar-refractivity contribution in [2.24, 2.45) is 5.73 Å². The number of hydrogen-bond acceptors (Lipinski definition) is 3. The van der Waals surface area contributed by atoms with Gasteiger partial charge in [-0.25, -0.2) is 4.39 Å². The fourth-order valence-corrected chi connectivity index (χ4v) is 1.48. The Labute approximate surface area is 106 Å². The van der Waals surface area contributed by atoms with E-state index in [0.29, 0.717) is 18.8 Å². The molecular weight excluding hydrogens is 239 g/mol. The number of nitrogens with two attached hydrogens (primary N) is 1. The molecule has 0 spiro atoms. The molecule has 0 aliphatic rings. The summed E-state index contributed by atoms with van der Waals surface area (Å²) in [5.41, 5.74) is 6.33. The van der Waals surface area contributed by atoms with Crippen LogP contribution in [0.2, 0.25) is 0 Å². The van der Waals surface area contributed by atoms with E-state index in [2.05, 4.69) is 5.32 Å². The second-order valence-electron chi connectivity index (χ2n) is 3.91. The summed E-state index contributed by atoms with van der Waals surface area (Å²) in [5.74, 6) is -0.410. The van der Waals surface area contributed by atoms with E-state index in [1.165, 1.54) is 6.07 Å². The first kappa shape index (κ1) is 13.9. The van der Waals surface area contributed by atoms with Gasteiger partial charge in [0.2, 0.25) is 0 Å². The van der Waals surface area contributed by atoms with Crippen molar-refractivity contribution in [3.05, 3.63) is 29.6 Å². The van der Waals surface area contributed by atoms with Gasteiger partial charge in [-0.1, -0.05) is 12.2 Å². The Morgan fingerprint density at radius 2 is 2.24 bits per heavy atom. The Morgan fingerprint density at radius 1 is 1.53 bits per heavy atom. The summed E-state index contributed by atoms with van der Waals surface area (Å²) in [6.07, 6.45) is 0.200. The number of ether oxygens (including phenoxy) is 1. The van der Waals surface area contributed by atoms with Crippen LogP contribution in [0.1, 0.15) is 19.4 Å². The van der Waals surface area contributed by atoms with E-state index in [9.17, 15) is 4.39 Å². The molecule has 0 bridgehead atoms. The molecule has 1 aromatic carbocycles. The van der Waals surface area contributed by atoms with E-state index in [-0.39, 0.29) is 16.7 Å². The molecule has 0 aliphatic heterocycles. The normalized spacial score (nSPS) is 10.6. The molecule has 0 amide bonds. The highest BCUT2D eigenvalue weighted by molar-refractivity contribution is 7.80. The molecule has 0 aliphatic carbocycles. The van der Waals surface area contributed by atoms with Gasteiger partial charge in [0.15, 0.2) is 0 Å². The van der Waals surface area contributed by atoms with Gasteiger partial charge in [0.25, 0.3) is 0 Å². The van der Waals surface area contributed by atoms with Crippen molar-refractivity contribution in [1.29, 1.82) is 0 Å². The van der Waals surface area contributed by atoms with Crippen LogP contribution in [0.5, 0.6) is 0 Å². The Bertz CT molecular complexity index is 396. The lowest BCUT2D eigenvalue weighted by molar-refractivity contribution is 0.0870. The molecule has 1 aromatic rings. The Morgan fingerprint density at radius 3 is 2.76 bits per heavy atom. The van der Waals surface area contributed by atoms with Crippen LogP contribution in [0, 0.1) is 5.82 Å². The van der Waals surface area contributed by atoms with Crippen molar-refractivity contribution in [2.45, 2.75) is 20.0 Å². The number of rotatable bonds is 6. The standard InChI is InChI=1S/C12H17FN2OS/c1-8(2)16-6-5-15-9-3-4-10(12(14)17)11(13)7-9/h3-4,7-8,15H,5-6H2,1-2H3,(H2,14,17). The summed E-state index contributed by atoms with van der Waals surface area (Å²) < 4.78 is 18.9. The van der Waals surface area contributed by atoms with Crippen LogP contribution >= 0.6 is 12.2 Å². The number of hydrogen-bond donors (Lipinski definition) is 2. The molecule has 0 fully saturated rings. The minimum Gasteiger partial charge on any atom is -0.389 e. The van der Waals surface area contributed by atoms with Crippen LogP contribution in [0.4, 0.5) is 10.1 Å². The second kappa shape index (κ2) is 6.51. The zero-order chi connectivity index (χ0) is 12.8. The number of halogens is 1. The molecule has 94 valence electrons. The van der Waals surface area contributed by atoms with E-state index in [1.54, 1.807) is 12.1 Å². The van der Waals surface area contributed by atoms with Gasteiger partial charge in [0.05, 0.1) is 12.7 Å². The summed E-state index contributed by atoms with van der Waals surface area (Å²) in [5, 5.41) is 3.06. The van der Waals surface area contributed by atoms with E-state index in [1.807, 2.05) is 13.8 Å². The van der Waals surface area contributed by atoms with Gasteiger partial charge >= 0.3 is 0 Å². The van der Waals surface area contributed by atoms with Crippen LogP contribution in [0.3, 0.4) is 0 Å². The van der Waals surface area contributed by atoms with Crippen molar-refractivity contribution >= 4 is 22.9 Å². The number of anilines is 1. The third-order valence-electron chi connectivity index (χ3n) is 2.12. The maximum absolute atomic E-state index is 13.5. The smallest absolute Gasteiger partial charge is 0.135 e. The summed E-state index contributed by atoms with van der Waals surface area (Å²) in [4.78, 5) is 0.0668. The van der Waals surface area contributed by atoms with E-state index in [4.69, 9.17) is 22.7 Å². The van der Waals surface area contributed by atoms with Crippen LogP contribution in [0.15, 0.2) is 18.2 Å². The number of benzene rings is 1. The summed E-state index contributed by atoms with van der Waals surface area (Å²) in [6, 6.07) is 4.69. The van der Waals surface area contributed by atoms with Gasteiger partial charge in [-0.05, 0) is 32.0 Å². The van der Waals surface area contributed by atoms with Crippen molar-refractivity contribution in [1.82, 2.24) is 0 Å². The largest absolute Gasteiger partial charge is 0.389 e. The Kier molecular flexibility index (Phi) is 5.31. The van der Waals surface area contributed by atoms with Gasteiger partial charge in [-0.15, -0.1) is 0 Å². The lowest BCUT2D eigenvalue weighted by Crippen LogP contribution is -2.14. The van der Waals surface area contributed by atoms with Crippen molar-refractivity contribution in [2.75, 3.05) is 18.5 Å². The molecular formula is C12H17FN2OS. The average Bonchev–Trinajstić information content (AvgIpc) is 2.23. The highest BCUT2D eigenvalue weighted by atomic mass is 32.1. The molecule has 3 nitrogen and oxygen atoms in total. The number of nitrogens with one attached hydrogen (secondary N) is 1. The summed E-state index contributed by atoms with van der Waals surface area (Å²) >= 11 is 4.73. The SMILES string of the molecule is CC(C)OCCNc1ccc(C(N)=S)c(F)c1. The molecule has 0 radical (unpaired) electrons. The molecule has 0 atom stereocenters. The van der Waals surface area contributed by atoms with Gasteiger partial charge in [-0.2, -0.15) is 0 Å². The summed E-state index contributed by atoms with van der Waals surface area (Å²) in [7, 11) is 0. The zero-order valence-corrected chi connectivity index (χ0v) is 10.8. The van der Waals surface area contributed by atoms with Gasteiger partial charge in [0, 0.05) is 17.8 Å². The van der Waals surface area contributed by atoms with E-state index in [0.717, 1.165) is 0 Å². The average molecular weight is 256 g/mol. The molecule has 0 unspecified atom stereocenters. The van der Waals surface area contributed by atoms with Crippen LogP contribution in [0.25, 0.3) is 0 Å². The van der Waals surface area contributed by atoms with Crippen LogP contribution < -0.4 is 11.1 Å².